The highest BCUT2D eigenvalue weighted by molar-refractivity contribution is 4.74. The summed E-state index contributed by atoms with van der Waals surface area (Å²) in [5, 5.41) is 0. The van der Waals surface area contributed by atoms with Gasteiger partial charge in [0, 0.05) is 6.54 Å². The highest BCUT2D eigenvalue weighted by Crippen LogP contribution is 2.15. The monoisotopic (exact) mass is 214 g/mol. The number of hydrogen-bond acceptors (Lipinski definition) is 2. The van der Waals surface area contributed by atoms with Crippen LogP contribution in [0, 0.1) is 5.41 Å². The van der Waals surface area contributed by atoms with Gasteiger partial charge in [0.05, 0.1) is 0 Å². The van der Waals surface area contributed by atoms with Gasteiger partial charge in [-0.15, -0.1) is 0 Å². The van der Waals surface area contributed by atoms with Crippen molar-refractivity contribution in [2.75, 3.05) is 26.2 Å². The summed E-state index contributed by atoms with van der Waals surface area (Å²) in [6, 6.07) is 0. The molecule has 0 aromatic heterocycles. The number of nitrogens with two attached hydrogens (primary N) is 1. The van der Waals surface area contributed by atoms with Gasteiger partial charge in [0.2, 0.25) is 0 Å². The molecule has 0 rings (SSSR count). The lowest BCUT2D eigenvalue weighted by Gasteiger charge is -2.31. The zero-order valence-electron chi connectivity index (χ0n) is 11.2. The minimum atomic E-state index is 0.265. The van der Waals surface area contributed by atoms with Gasteiger partial charge in [-0.1, -0.05) is 40.5 Å². The normalized spacial score (nSPS) is 12.4. The van der Waals surface area contributed by atoms with E-state index in [1.165, 1.54) is 38.8 Å². The molecule has 0 aromatic rings. The molecule has 0 bridgehead atoms. The topological polar surface area (TPSA) is 29.3 Å². The van der Waals surface area contributed by atoms with Crippen molar-refractivity contribution in [3.63, 3.8) is 0 Å². The molecule has 0 aliphatic carbocycles. The smallest absolute Gasteiger partial charge is 0.00447 e. The Balaban J connectivity index is 3.91. The van der Waals surface area contributed by atoms with Gasteiger partial charge in [-0.05, 0) is 37.9 Å². The third kappa shape index (κ3) is 7.80. The molecule has 92 valence electrons. The van der Waals surface area contributed by atoms with Crippen molar-refractivity contribution in [2.45, 2.75) is 53.4 Å². The lowest BCUT2D eigenvalue weighted by atomic mass is 9.93. The summed E-state index contributed by atoms with van der Waals surface area (Å²) in [7, 11) is 0. The Bertz CT molecular complexity index is 143. The van der Waals surface area contributed by atoms with Crippen molar-refractivity contribution in [1.82, 2.24) is 4.90 Å². The molecule has 0 aliphatic rings. The van der Waals surface area contributed by atoms with E-state index in [1.54, 1.807) is 0 Å². The molecular formula is C13H30N2. The van der Waals surface area contributed by atoms with Crippen LogP contribution in [-0.4, -0.2) is 31.1 Å². The minimum Gasteiger partial charge on any atom is -0.330 e. The Hall–Kier alpha value is -0.0800. The van der Waals surface area contributed by atoms with Crippen LogP contribution in [0.5, 0.6) is 0 Å². The van der Waals surface area contributed by atoms with Crippen LogP contribution in [0.25, 0.3) is 0 Å². The summed E-state index contributed by atoms with van der Waals surface area (Å²) in [5.74, 6) is 0. The summed E-state index contributed by atoms with van der Waals surface area (Å²) in [6.45, 7) is 13.4. The lowest BCUT2D eigenvalue weighted by Crippen LogP contribution is -2.39. The summed E-state index contributed by atoms with van der Waals surface area (Å²) in [5.41, 5.74) is 6.04. The molecule has 2 nitrogen and oxygen atoms in total. The third-order valence-corrected chi connectivity index (χ3v) is 2.82. The number of unbranched alkanes of at least 4 members (excludes halogenated alkanes) is 2. The van der Waals surface area contributed by atoms with E-state index in [4.69, 9.17) is 5.73 Å². The standard InChI is InChI=1S/C13H30N2/c1-5-7-8-10-15(9-6-2)12-13(3,4)11-14/h5-12,14H2,1-4H3. The van der Waals surface area contributed by atoms with Crippen LogP contribution in [0.3, 0.4) is 0 Å². The van der Waals surface area contributed by atoms with Crippen molar-refractivity contribution in [1.29, 1.82) is 0 Å². The van der Waals surface area contributed by atoms with Crippen molar-refractivity contribution in [2.24, 2.45) is 11.1 Å². The van der Waals surface area contributed by atoms with E-state index in [0.717, 1.165) is 13.1 Å². The van der Waals surface area contributed by atoms with E-state index in [2.05, 4.69) is 32.6 Å². The summed E-state index contributed by atoms with van der Waals surface area (Å²) >= 11 is 0. The van der Waals surface area contributed by atoms with Crippen LogP contribution in [0.2, 0.25) is 0 Å². The second kappa shape index (κ2) is 8.12. The Morgan fingerprint density at radius 3 is 2.13 bits per heavy atom. The first kappa shape index (κ1) is 14.9. The first-order valence-electron chi connectivity index (χ1n) is 6.48. The highest BCUT2D eigenvalue weighted by Gasteiger charge is 2.19. The van der Waals surface area contributed by atoms with Crippen LogP contribution < -0.4 is 5.73 Å². The molecule has 2 N–H and O–H groups in total. The summed E-state index contributed by atoms with van der Waals surface area (Å²) in [6.07, 6.45) is 5.23. The average molecular weight is 214 g/mol. The quantitative estimate of drug-likeness (QED) is 0.598. The lowest BCUT2D eigenvalue weighted by molar-refractivity contribution is 0.180. The van der Waals surface area contributed by atoms with Crippen LogP contribution in [-0.2, 0) is 0 Å². The maximum atomic E-state index is 5.78. The van der Waals surface area contributed by atoms with Gasteiger partial charge >= 0.3 is 0 Å². The minimum absolute atomic E-state index is 0.265. The Morgan fingerprint density at radius 2 is 1.67 bits per heavy atom. The average Bonchev–Trinajstić information content (AvgIpc) is 2.18. The molecule has 0 aromatic carbocycles. The SMILES string of the molecule is CCCCCN(CCC)CC(C)(C)CN. The number of nitrogens with zero attached hydrogens (tertiary/aromatic N) is 1. The molecular weight excluding hydrogens is 184 g/mol. The first-order chi connectivity index (χ1) is 7.05. The molecule has 0 aliphatic heterocycles. The predicted octanol–water partition coefficient (Wildman–Crippen LogP) is 2.87. The van der Waals surface area contributed by atoms with Crippen LogP contribution >= 0.6 is 0 Å². The Labute approximate surface area is 96.2 Å². The van der Waals surface area contributed by atoms with Gasteiger partial charge in [0.25, 0.3) is 0 Å². The third-order valence-electron chi connectivity index (χ3n) is 2.82. The van der Waals surface area contributed by atoms with Gasteiger partial charge in [-0.2, -0.15) is 0 Å². The molecule has 0 saturated heterocycles. The van der Waals surface area contributed by atoms with E-state index in [1.807, 2.05) is 0 Å². The van der Waals surface area contributed by atoms with Crippen molar-refractivity contribution >= 4 is 0 Å². The highest BCUT2D eigenvalue weighted by atomic mass is 15.1. The molecule has 0 radical (unpaired) electrons. The predicted molar refractivity (Wildman–Crippen MR) is 69.1 cm³/mol. The van der Waals surface area contributed by atoms with Gasteiger partial charge < -0.3 is 10.6 Å². The van der Waals surface area contributed by atoms with Gasteiger partial charge in [-0.3, -0.25) is 0 Å². The van der Waals surface area contributed by atoms with Crippen molar-refractivity contribution in [3.8, 4) is 0 Å². The molecule has 2 heteroatoms. The number of hydrogen-bond donors (Lipinski definition) is 1. The number of rotatable bonds is 9. The van der Waals surface area contributed by atoms with E-state index in [9.17, 15) is 0 Å². The maximum absolute atomic E-state index is 5.78. The zero-order chi connectivity index (χ0) is 11.7. The summed E-state index contributed by atoms with van der Waals surface area (Å²) < 4.78 is 0. The van der Waals surface area contributed by atoms with Crippen molar-refractivity contribution in [3.05, 3.63) is 0 Å². The second-order valence-electron chi connectivity index (χ2n) is 5.35. The molecule has 0 fully saturated rings. The van der Waals surface area contributed by atoms with Crippen LogP contribution in [0.4, 0.5) is 0 Å². The fourth-order valence-corrected chi connectivity index (χ4v) is 1.84. The molecule has 0 unspecified atom stereocenters. The first-order valence-corrected chi connectivity index (χ1v) is 6.48. The van der Waals surface area contributed by atoms with E-state index >= 15 is 0 Å². The molecule has 15 heavy (non-hydrogen) atoms. The second-order valence-corrected chi connectivity index (χ2v) is 5.35. The summed E-state index contributed by atoms with van der Waals surface area (Å²) in [4.78, 5) is 2.57. The molecule has 0 amide bonds. The van der Waals surface area contributed by atoms with Gasteiger partial charge in [0.15, 0.2) is 0 Å². The van der Waals surface area contributed by atoms with E-state index < -0.39 is 0 Å². The molecule has 0 saturated carbocycles. The molecule has 0 atom stereocenters. The largest absolute Gasteiger partial charge is 0.330 e. The Morgan fingerprint density at radius 1 is 1.00 bits per heavy atom. The Kier molecular flexibility index (Phi) is 8.07. The maximum Gasteiger partial charge on any atom is 0.00447 e. The fourth-order valence-electron chi connectivity index (χ4n) is 1.84. The van der Waals surface area contributed by atoms with E-state index in [-0.39, 0.29) is 5.41 Å². The van der Waals surface area contributed by atoms with Gasteiger partial charge in [0.1, 0.15) is 0 Å². The zero-order valence-corrected chi connectivity index (χ0v) is 11.2. The van der Waals surface area contributed by atoms with Crippen LogP contribution in [0.1, 0.15) is 53.4 Å². The van der Waals surface area contributed by atoms with Gasteiger partial charge in [-0.25, -0.2) is 0 Å². The van der Waals surface area contributed by atoms with Crippen LogP contribution in [0.15, 0.2) is 0 Å². The molecule has 0 spiro atoms. The molecule has 0 heterocycles. The van der Waals surface area contributed by atoms with Crippen molar-refractivity contribution < 1.29 is 0 Å². The fraction of sp³-hybridized carbons (Fsp3) is 1.00. The van der Waals surface area contributed by atoms with E-state index in [0.29, 0.717) is 0 Å².